The fraction of sp³-hybridized carbons (Fsp3) is 0. The van der Waals surface area contributed by atoms with E-state index in [0.29, 0.717) is 0 Å². The summed E-state index contributed by atoms with van der Waals surface area (Å²) in [5.41, 5.74) is 7.47. The number of fused-ring (bicyclic) bond motifs is 1. The second-order valence-electron chi connectivity index (χ2n) is 4.30. The Bertz CT molecular complexity index is 683. The third kappa shape index (κ3) is 2.67. The van der Waals surface area contributed by atoms with Crippen LogP contribution in [0, 0.1) is 0 Å². The van der Waals surface area contributed by atoms with Crippen LogP contribution in [0.15, 0.2) is 73.1 Å². The Morgan fingerprint density at radius 2 is 1.68 bits per heavy atom. The molecular formula is C16H16N3+. The predicted octanol–water partition coefficient (Wildman–Crippen LogP) is 2.66. The molecule has 0 aliphatic heterocycles. The fourth-order valence-corrected chi connectivity index (χ4v) is 2.05. The number of hydrogen-bond donors (Lipinski definition) is 2. The molecule has 1 heterocycles. The minimum atomic E-state index is 1.09. The molecule has 3 heteroatoms. The molecule has 0 unspecified atom stereocenters. The van der Waals surface area contributed by atoms with Crippen LogP contribution in [0.1, 0.15) is 0 Å². The molecule has 0 radical (unpaired) electrons. The standard InChI is InChI=1S/C16H15N3/c1-2-7-15(8-3-1)18-17-11-13-19-12-10-14-6-4-5-9-16(14)19/h1-13,17-18H/p+1/b13-11+. The van der Waals surface area contributed by atoms with Crippen molar-refractivity contribution in [1.29, 1.82) is 0 Å². The van der Waals surface area contributed by atoms with Gasteiger partial charge in [0.15, 0.2) is 0 Å². The molecule has 0 amide bonds. The Labute approximate surface area is 112 Å². The van der Waals surface area contributed by atoms with Crippen LogP contribution in [0.3, 0.4) is 0 Å². The van der Waals surface area contributed by atoms with E-state index in [1.807, 2.05) is 48.2 Å². The number of nitrogens with zero attached hydrogens (tertiary/aromatic N) is 1. The number of nitrogens with one attached hydrogen (secondary N) is 1. The molecule has 3 aromatic rings. The van der Waals surface area contributed by atoms with Crippen LogP contribution >= 0.6 is 0 Å². The Morgan fingerprint density at radius 1 is 0.895 bits per heavy atom. The van der Waals surface area contributed by atoms with Gasteiger partial charge in [-0.1, -0.05) is 36.4 Å². The number of benzene rings is 2. The van der Waals surface area contributed by atoms with Gasteiger partial charge in [0.2, 0.25) is 0 Å². The van der Waals surface area contributed by atoms with E-state index in [1.165, 1.54) is 10.9 Å². The van der Waals surface area contributed by atoms with E-state index in [1.54, 1.807) is 0 Å². The molecule has 2 aromatic carbocycles. The maximum absolute atomic E-state index is 3.23. The number of hydrogen-bond acceptors (Lipinski definition) is 1. The quantitative estimate of drug-likeness (QED) is 0.541. The second-order valence-corrected chi connectivity index (χ2v) is 4.30. The molecule has 0 atom stereocenters. The number of quaternary nitrogens is 1. The molecule has 3 nitrogen and oxygen atoms in total. The van der Waals surface area contributed by atoms with Gasteiger partial charge in [0.1, 0.15) is 6.20 Å². The summed E-state index contributed by atoms with van der Waals surface area (Å²) < 4.78 is 2.11. The van der Waals surface area contributed by atoms with Crippen molar-refractivity contribution in [2.75, 3.05) is 5.43 Å². The lowest BCUT2D eigenvalue weighted by Crippen LogP contribution is -2.82. The fourth-order valence-electron chi connectivity index (χ4n) is 2.05. The molecule has 0 aliphatic rings. The molecule has 3 rings (SSSR count). The molecule has 94 valence electrons. The van der Waals surface area contributed by atoms with E-state index in [4.69, 9.17) is 0 Å². The summed E-state index contributed by atoms with van der Waals surface area (Å²) >= 11 is 0. The second kappa shape index (κ2) is 5.42. The van der Waals surface area contributed by atoms with Crippen LogP contribution in [0.2, 0.25) is 0 Å². The zero-order chi connectivity index (χ0) is 12.9. The highest BCUT2D eigenvalue weighted by atomic mass is 15.3. The number of anilines is 1. The molecule has 1 aromatic heterocycles. The van der Waals surface area contributed by atoms with Gasteiger partial charge in [-0.15, -0.1) is 0 Å². The third-order valence-corrected chi connectivity index (χ3v) is 3.00. The van der Waals surface area contributed by atoms with Crippen LogP contribution in [-0.2, 0) is 0 Å². The van der Waals surface area contributed by atoms with Crippen molar-refractivity contribution in [2.24, 2.45) is 0 Å². The first-order chi connectivity index (χ1) is 9.43. The minimum Gasteiger partial charge on any atom is -0.318 e. The number of aromatic nitrogens is 1. The average molecular weight is 250 g/mol. The summed E-state index contributed by atoms with van der Waals surface area (Å²) in [6, 6.07) is 20.6. The maximum atomic E-state index is 3.23. The molecule has 0 aliphatic carbocycles. The van der Waals surface area contributed by atoms with E-state index in [-0.39, 0.29) is 0 Å². The van der Waals surface area contributed by atoms with Gasteiger partial charge in [-0.2, -0.15) is 0 Å². The van der Waals surface area contributed by atoms with E-state index < -0.39 is 0 Å². The SMILES string of the molecule is C(=C\n1ccc2ccccc21)/[NH2+]Nc1ccccc1. The Balaban J connectivity index is 1.67. The van der Waals surface area contributed by atoms with Crippen molar-refractivity contribution in [1.82, 2.24) is 4.57 Å². The minimum absolute atomic E-state index is 1.09. The van der Waals surface area contributed by atoms with Crippen molar-refractivity contribution < 1.29 is 5.43 Å². The lowest BCUT2D eigenvalue weighted by atomic mass is 10.2. The van der Waals surface area contributed by atoms with Gasteiger partial charge in [-0.25, -0.2) is 10.9 Å². The zero-order valence-corrected chi connectivity index (χ0v) is 10.5. The van der Waals surface area contributed by atoms with E-state index in [2.05, 4.69) is 46.5 Å². The molecule has 0 saturated carbocycles. The number of nitrogen functional groups attached to an aromatic ring is 1. The summed E-state index contributed by atoms with van der Waals surface area (Å²) in [5, 5.41) is 1.25. The lowest BCUT2D eigenvalue weighted by molar-refractivity contribution is -0.554. The molecule has 0 spiro atoms. The van der Waals surface area contributed by atoms with Crippen LogP contribution in [-0.4, -0.2) is 4.57 Å². The highest BCUT2D eigenvalue weighted by Crippen LogP contribution is 2.14. The first-order valence-corrected chi connectivity index (χ1v) is 6.31. The van der Waals surface area contributed by atoms with Crippen LogP contribution in [0.5, 0.6) is 0 Å². The number of para-hydroxylation sites is 2. The molecule has 3 N–H and O–H groups in total. The third-order valence-electron chi connectivity index (χ3n) is 3.00. The number of nitrogens with two attached hydrogens (primary N) is 1. The molecule has 0 fully saturated rings. The normalized spacial score (nSPS) is 11.2. The molecule has 0 bridgehead atoms. The van der Waals surface area contributed by atoms with E-state index in [9.17, 15) is 0 Å². The Morgan fingerprint density at radius 3 is 2.58 bits per heavy atom. The van der Waals surface area contributed by atoms with Gasteiger partial charge in [0.25, 0.3) is 0 Å². The van der Waals surface area contributed by atoms with Crippen molar-refractivity contribution >= 4 is 22.8 Å². The van der Waals surface area contributed by atoms with Gasteiger partial charge in [0.05, 0.1) is 17.4 Å². The van der Waals surface area contributed by atoms with E-state index in [0.717, 1.165) is 5.69 Å². The first kappa shape index (κ1) is 11.6. The predicted molar refractivity (Wildman–Crippen MR) is 79.3 cm³/mol. The summed E-state index contributed by atoms with van der Waals surface area (Å²) in [4.78, 5) is 0. The molecule has 0 saturated heterocycles. The zero-order valence-electron chi connectivity index (χ0n) is 10.5. The Kier molecular flexibility index (Phi) is 3.30. The maximum Gasteiger partial charge on any atom is 0.134 e. The number of rotatable bonds is 4. The lowest BCUT2D eigenvalue weighted by Gasteiger charge is -2.00. The van der Waals surface area contributed by atoms with Crippen molar-refractivity contribution in [3.05, 3.63) is 73.1 Å². The van der Waals surface area contributed by atoms with E-state index >= 15 is 0 Å². The van der Waals surface area contributed by atoms with Gasteiger partial charge in [-0.05, 0) is 29.7 Å². The summed E-state index contributed by atoms with van der Waals surface area (Å²) in [6.45, 7) is 0. The topological polar surface area (TPSA) is 33.6 Å². The summed E-state index contributed by atoms with van der Waals surface area (Å²) in [5.74, 6) is 0. The van der Waals surface area contributed by atoms with Gasteiger partial charge in [-0.3, -0.25) is 0 Å². The van der Waals surface area contributed by atoms with Crippen molar-refractivity contribution in [2.45, 2.75) is 0 Å². The largest absolute Gasteiger partial charge is 0.318 e. The summed E-state index contributed by atoms with van der Waals surface area (Å²) in [6.07, 6.45) is 6.11. The van der Waals surface area contributed by atoms with Crippen LogP contribution in [0.4, 0.5) is 5.69 Å². The van der Waals surface area contributed by atoms with Crippen LogP contribution in [0.25, 0.3) is 17.1 Å². The highest BCUT2D eigenvalue weighted by Gasteiger charge is 1.96. The highest BCUT2D eigenvalue weighted by molar-refractivity contribution is 5.81. The molecule has 19 heavy (non-hydrogen) atoms. The van der Waals surface area contributed by atoms with Crippen LogP contribution < -0.4 is 10.9 Å². The van der Waals surface area contributed by atoms with Crippen molar-refractivity contribution in [3.8, 4) is 0 Å². The van der Waals surface area contributed by atoms with Crippen molar-refractivity contribution in [3.63, 3.8) is 0 Å². The van der Waals surface area contributed by atoms with Gasteiger partial charge >= 0.3 is 0 Å². The average Bonchev–Trinajstić information content (AvgIpc) is 2.88. The molecular weight excluding hydrogens is 234 g/mol. The first-order valence-electron chi connectivity index (χ1n) is 6.31. The smallest absolute Gasteiger partial charge is 0.134 e. The monoisotopic (exact) mass is 250 g/mol. The van der Waals surface area contributed by atoms with Gasteiger partial charge in [0, 0.05) is 6.20 Å². The summed E-state index contributed by atoms with van der Waals surface area (Å²) in [7, 11) is 0. The Hall–Kier alpha value is -2.52. The van der Waals surface area contributed by atoms with Gasteiger partial charge < -0.3 is 4.57 Å².